The van der Waals surface area contributed by atoms with Gasteiger partial charge in [-0.3, -0.25) is 0 Å². The molecule has 0 aromatic carbocycles. The Kier molecular flexibility index (Phi) is 3.90. The highest BCUT2D eigenvalue weighted by molar-refractivity contribution is 4.97. The van der Waals surface area contributed by atoms with Crippen molar-refractivity contribution in [3.05, 3.63) is 11.7 Å². The summed E-state index contributed by atoms with van der Waals surface area (Å²) < 4.78 is 5.31. The molecule has 16 heavy (non-hydrogen) atoms. The van der Waals surface area contributed by atoms with Crippen LogP contribution < -0.4 is 5.73 Å². The monoisotopic (exact) mass is 224 g/mol. The van der Waals surface area contributed by atoms with Crippen molar-refractivity contribution in [2.24, 2.45) is 5.73 Å². The lowest BCUT2D eigenvalue weighted by molar-refractivity contribution is 0.194. The van der Waals surface area contributed by atoms with Crippen LogP contribution in [0.5, 0.6) is 0 Å². The highest BCUT2D eigenvalue weighted by atomic mass is 16.5. The Hall–Kier alpha value is -0.940. The van der Waals surface area contributed by atoms with Crippen molar-refractivity contribution < 1.29 is 4.52 Å². The van der Waals surface area contributed by atoms with Gasteiger partial charge in [0.2, 0.25) is 5.89 Å². The summed E-state index contributed by atoms with van der Waals surface area (Å²) in [5, 5.41) is 3.95. The van der Waals surface area contributed by atoms with Crippen LogP contribution in [0.1, 0.15) is 37.4 Å². The molecule has 0 amide bonds. The number of nitrogens with two attached hydrogens (primary N) is 1. The Morgan fingerprint density at radius 3 is 3.19 bits per heavy atom. The van der Waals surface area contributed by atoms with Gasteiger partial charge in [-0.05, 0) is 32.5 Å². The van der Waals surface area contributed by atoms with E-state index in [9.17, 15) is 0 Å². The zero-order valence-electron chi connectivity index (χ0n) is 9.85. The fourth-order valence-corrected chi connectivity index (χ4v) is 2.21. The highest BCUT2D eigenvalue weighted by Crippen LogP contribution is 2.25. The number of piperidine rings is 1. The zero-order valence-corrected chi connectivity index (χ0v) is 9.85. The molecule has 0 radical (unpaired) electrons. The predicted octanol–water partition coefficient (Wildman–Crippen LogP) is 0.770. The largest absolute Gasteiger partial charge is 0.339 e. The molecule has 1 unspecified atom stereocenters. The third kappa shape index (κ3) is 2.59. The van der Waals surface area contributed by atoms with Gasteiger partial charge < -0.3 is 15.2 Å². The molecular weight excluding hydrogens is 204 g/mol. The van der Waals surface area contributed by atoms with E-state index < -0.39 is 0 Å². The highest BCUT2D eigenvalue weighted by Gasteiger charge is 2.24. The average molecular weight is 224 g/mol. The van der Waals surface area contributed by atoms with E-state index >= 15 is 0 Å². The first kappa shape index (κ1) is 11.5. The molecule has 0 saturated carbocycles. The minimum Gasteiger partial charge on any atom is -0.339 e. The topological polar surface area (TPSA) is 68.2 Å². The summed E-state index contributed by atoms with van der Waals surface area (Å²) in [6.45, 7) is 6.10. The molecule has 0 bridgehead atoms. The van der Waals surface area contributed by atoms with Crippen molar-refractivity contribution >= 4 is 0 Å². The smallest absolute Gasteiger partial charge is 0.231 e. The van der Waals surface area contributed by atoms with E-state index in [2.05, 4.69) is 22.0 Å². The number of hydrogen-bond donors (Lipinski definition) is 1. The number of rotatable bonds is 4. The molecule has 0 spiro atoms. The van der Waals surface area contributed by atoms with Crippen LogP contribution in [0.3, 0.4) is 0 Å². The molecule has 2 heterocycles. The third-order valence-corrected chi connectivity index (χ3v) is 3.15. The lowest BCUT2D eigenvalue weighted by Crippen LogP contribution is -2.34. The molecule has 5 nitrogen and oxygen atoms in total. The van der Waals surface area contributed by atoms with Gasteiger partial charge in [0.15, 0.2) is 5.82 Å². The van der Waals surface area contributed by atoms with E-state index in [1.165, 1.54) is 13.0 Å². The lowest BCUT2D eigenvalue weighted by Gasteiger charge is -2.29. The molecule has 1 aromatic rings. The molecule has 0 aliphatic carbocycles. The summed E-state index contributed by atoms with van der Waals surface area (Å²) in [6.07, 6.45) is 3.07. The minimum atomic E-state index is 0.410. The fraction of sp³-hybridized carbons (Fsp3) is 0.818. The second-order valence-electron chi connectivity index (χ2n) is 4.32. The van der Waals surface area contributed by atoms with Crippen LogP contribution in [-0.4, -0.2) is 41.2 Å². The molecule has 1 fully saturated rings. The normalized spacial score (nSPS) is 22.5. The summed E-state index contributed by atoms with van der Waals surface area (Å²) in [5.41, 5.74) is 5.46. The Morgan fingerprint density at radius 1 is 1.56 bits per heavy atom. The quantitative estimate of drug-likeness (QED) is 0.818. The first-order chi connectivity index (χ1) is 7.83. The van der Waals surface area contributed by atoms with E-state index in [0.717, 1.165) is 31.2 Å². The van der Waals surface area contributed by atoms with Gasteiger partial charge in [0.05, 0.1) is 5.92 Å². The lowest BCUT2D eigenvalue weighted by atomic mass is 9.98. The van der Waals surface area contributed by atoms with Gasteiger partial charge in [0.25, 0.3) is 0 Å². The van der Waals surface area contributed by atoms with Crippen molar-refractivity contribution in [2.45, 2.75) is 32.1 Å². The van der Waals surface area contributed by atoms with Crippen LogP contribution in [0.15, 0.2) is 4.52 Å². The minimum absolute atomic E-state index is 0.410. The molecule has 5 heteroatoms. The molecule has 1 aromatic heterocycles. The maximum atomic E-state index is 5.46. The predicted molar refractivity (Wildman–Crippen MR) is 61.1 cm³/mol. The second-order valence-corrected chi connectivity index (χ2v) is 4.32. The van der Waals surface area contributed by atoms with Gasteiger partial charge >= 0.3 is 0 Å². The fourth-order valence-electron chi connectivity index (χ4n) is 2.21. The average Bonchev–Trinajstić information content (AvgIpc) is 2.78. The molecule has 1 saturated heterocycles. The van der Waals surface area contributed by atoms with Gasteiger partial charge in [-0.15, -0.1) is 0 Å². The van der Waals surface area contributed by atoms with Crippen LogP contribution in [0.2, 0.25) is 0 Å². The Morgan fingerprint density at radius 2 is 2.44 bits per heavy atom. The van der Waals surface area contributed by atoms with Crippen molar-refractivity contribution in [1.82, 2.24) is 15.0 Å². The Balaban J connectivity index is 1.99. The van der Waals surface area contributed by atoms with E-state index in [1.807, 2.05) is 0 Å². The van der Waals surface area contributed by atoms with Crippen molar-refractivity contribution in [3.63, 3.8) is 0 Å². The van der Waals surface area contributed by atoms with Gasteiger partial charge in [-0.1, -0.05) is 12.1 Å². The maximum Gasteiger partial charge on any atom is 0.231 e. The number of aromatic nitrogens is 2. The van der Waals surface area contributed by atoms with Gasteiger partial charge in [-0.2, -0.15) is 4.98 Å². The Labute approximate surface area is 96.0 Å². The SMILES string of the molecule is CCN1CCCC(c2nc(CCN)no2)C1. The van der Waals surface area contributed by atoms with Crippen LogP contribution in [0.25, 0.3) is 0 Å². The first-order valence-corrected chi connectivity index (χ1v) is 6.08. The summed E-state index contributed by atoms with van der Waals surface area (Å²) in [7, 11) is 0. The van der Waals surface area contributed by atoms with E-state index in [4.69, 9.17) is 10.3 Å². The molecule has 1 aliphatic heterocycles. The van der Waals surface area contributed by atoms with Crippen LogP contribution in [-0.2, 0) is 6.42 Å². The molecule has 2 N–H and O–H groups in total. The maximum absolute atomic E-state index is 5.46. The number of hydrogen-bond acceptors (Lipinski definition) is 5. The summed E-state index contributed by atoms with van der Waals surface area (Å²) >= 11 is 0. The molecule has 2 rings (SSSR count). The van der Waals surface area contributed by atoms with E-state index in [1.54, 1.807) is 0 Å². The first-order valence-electron chi connectivity index (χ1n) is 6.08. The van der Waals surface area contributed by atoms with Crippen LogP contribution >= 0.6 is 0 Å². The van der Waals surface area contributed by atoms with Gasteiger partial charge in [0, 0.05) is 13.0 Å². The van der Waals surface area contributed by atoms with Crippen molar-refractivity contribution in [1.29, 1.82) is 0 Å². The summed E-state index contributed by atoms with van der Waals surface area (Å²) in [4.78, 5) is 6.84. The third-order valence-electron chi connectivity index (χ3n) is 3.15. The van der Waals surface area contributed by atoms with E-state index in [-0.39, 0.29) is 0 Å². The van der Waals surface area contributed by atoms with Gasteiger partial charge in [0.1, 0.15) is 0 Å². The van der Waals surface area contributed by atoms with Gasteiger partial charge in [-0.25, -0.2) is 0 Å². The zero-order chi connectivity index (χ0) is 11.4. The molecule has 1 aliphatic rings. The number of nitrogens with zero attached hydrogens (tertiary/aromatic N) is 3. The number of likely N-dealkylation sites (tertiary alicyclic amines) is 1. The molecular formula is C11H20N4O. The molecule has 90 valence electrons. The second kappa shape index (κ2) is 5.41. The number of likely N-dealkylation sites (N-methyl/N-ethyl adjacent to an activating group) is 1. The summed E-state index contributed by atoms with van der Waals surface area (Å²) in [5.74, 6) is 1.94. The van der Waals surface area contributed by atoms with Crippen LogP contribution in [0, 0.1) is 0 Å². The van der Waals surface area contributed by atoms with Crippen molar-refractivity contribution in [2.75, 3.05) is 26.2 Å². The standard InChI is InChI=1S/C11H20N4O/c1-2-15-7-3-4-9(8-15)11-13-10(5-6-12)14-16-11/h9H,2-8,12H2,1H3. The Bertz CT molecular complexity index is 326. The molecule has 1 atom stereocenters. The van der Waals surface area contributed by atoms with Crippen LogP contribution in [0.4, 0.5) is 0 Å². The summed E-state index contributed by atoms with van der Waals surface area (Å²) in [6, 6.07) is 0. The van der Waals surface area contributed by atoms with E-state index in [0.29, 0.717) is 18.9 Å². The van der Waals surface area contributed by atoms with Crippen molar-refractivity contribution in [3.8, 4) is 0 Å².